The third-order valence-electron chi connectivity index (χ3n) is 7.05. The van der Waals surface area contributed by atoms with Gasteiger partial charge in [0.2, 0.25) is 0 Å². The van der Waals surface area contributed by atoms with Gasteiger partial charge in [-0.3, -0.25) is 0 Å². The van der Waals surface area contributed by atoms with Gasteiger partial charge in [0.15, 0.2) is 5.65 Å². The summed E-state index contributed by atoms with van der Waals surface area (Å²) < 4.78 is 7.38. The Morgan fingerprint density at radius 2 is 1.81 bits per heavy atom. The first kappa shape index (κ1) is 23.3. The number of carbonyl (C=O) groups is 1. The van der Waals surface area contributed by atoms with Crippen LogP contribution in [0, 0.1) is 13.8 Å². The molecule has 0 fully saturated rings. The van der Waals surface area contributed by atoms with E-state index in [-0.39, 0.29) is 6.09 Å². The summed E-state index contributed by atoms with van der Waals surface area (Å²) in [6.45, 7) is 11.1. The van der Waals surface area contributed by atoms with Gasteiger partial charge in [-0.15, -0.1) is 0 Å². The van der Waals surface area contributed by atoms with Crippen LogP contribution in [0.15, 0.2) is 55.0 Å². The van der Waals surface area contributed by atoms with E-state index in [4.69, 9.17) is 4.74 Å². The number of benzene rings is 2. The minimum absolute atomic E-state index is 0.251. The number of hydrogen-bond donors (Lipinski definition) is 1. The lowest BCUT2D eigenvalue weighted by Crippen LogP contribution is -2.39. The van der Waals surface area contributed by atoms with Gasteiger partial charge in [0.1, 0.15) is 11.9 Å². The topological polar surface area (TPSA) is 75.5 Å². The van der Waals surface area contributed by atoms with E-state index in [1.54, 1.807) is 11.2 Å². The zero-order chi connectivity index (χ0) is 25.9. The van der Waals surface area contributed by atoms with Crippen molar-refractivity contribution in [2.24, 2.45) is 0 Å². The molecule has 0 aliphatic carbocycles. The number of nitrogens with zero attached hydrogens (tertiary/aromatic N) is 4. The molecular weight excluding hydrogens is 462 g/mol. The second-order valence-electron chi connectivity index (χ2n) is 10.9. The van der Waals surface area contributed by atoms with Crippen molar-refractivity contribution in [2.45, 2.75) is 46.6 Å². The van der Waals surface area contributed by atoms with E-state index >= 15 is 0 Å². The molecule has 0 atom stereocenters. The van der Waals surface area contributed by atoms with Crippen LogP contribution in [0.3, 0.4) is 0 Å². The van der Waals surface area contributed by atoms with E-state index < -0.39 is 5.60 Å². The average Bonchev–Trinajstić information content (AvgIpc) is 3.47. The van der Waals surface area contributed by atoms with E-state index in [0.29, 0.717) is 13.1 Å². The summed E-state index contributed by atoms with van der Waals surface area (Å²) in [7, 11) is 0. The molecular formula is C30H31N5O2. The number of aromatic amines is 1. The highest BCUT2D eigenvalue weighted by atomic mass is 16.6. The summed E-state index contributed by atoms with van der Waals surface area (Å²) in [6, 6.07) is 13.3. The molecule has 0 saturated heterocycles. The number of aryl methyl sites for hydroxylation is 2. The van der Waals surface area contributed by atoms with Crippen LogP contribution in [0.4, 0.5) is 4.79 Å². The third-order valence-corrected chi connectivity index (χ3v) is 7.05. The van der Waals surface area contributed by atoms with E-state index in [0.717, 1.165) is 34.2 Å². The van der Waals surface area contributed by atoms with E-state index in [1.807, 2.05) is 31.5 Å². The number of hydrogen-bond acceptors (Lipinski definition) is 4. The van der Waals surface area contributed by atoms with Gasteiger partial charge in [-0.2, -0.15) is 5.10 Å². The number of amides is 1. The van der Waals surface area contributed by atoms with Crippen LogP contribution in [0.1, 0.15) is 43.9 Å². The van der Waals surface area contributed by atoms with Crippen molar-refractivity contribution < 1.29 is 9.53 Å². The molecule has 37 heavy (non-hydrogen) atoms. The van der Waals surface area contributed by atoms with Crippen molar-refractivity contribution in [2.75, 3.05) is 13.1 Å². The fourth-order valence-corrected chi connectivity index (χ4v) is 5.23. The summed E-state index contributed by atoms with van der Waals surface area (Å²) in [6.07, 6.45) is 6.34. The molecule has 6 rings (SSSR count). The number of fused-ring (bicyclic) bond motifs is 4. The number of ether oxygens (including phenoxy) is 1. The SMILES string of the molecule is Cc1cc2c(cc1-c1cc(C)c3ncnn3c1)[nH]c1ccc(C3=CCN(C(=O)OC(C)(C)C)CC3)cc12. The Labute approximate surface area is 215 Å². The van der Waals surface area contributed by atoms with Gasteiger partial charge < -0.3 is 14.6 Å². The first-order valence-electron chi connectivity index (χ1n) is 12.7. The van der Waals surface area contributed by atoms with Crippen LogP contribution in [0.25, 0.3) is 44.2 Å². The van der Waals surface area contributed by atoms with Crippen molar-refractivity contribution in [3.05, 3.63) is 71.7 Å². The Hall–Kier alpha value is -4.13. The Morgan fingerprint density at radius 1 is 1.00 bits per heavy atom. The standard InChI is InChI=1S/C30H31N5O2/c1-18-13-24-25-14-21(20-8-10-34(11-9-20)29(36)37-30(3,4)5)6-7-26(25)33-27(24)15-23(18)22-12-19(2)28-31-17-32-35(28)16-22/h6-8,12-17,33H,9-11H2,1-5H3. The molecule has 0 bridgehead atoms. The maximum absolute atomic E-state index is 12.4. The highest BCUT2D eigenvalue weighted by molar-refractivity contribution is 6.09. The highest BCUT2D eigenvalue weighted by Crippen LogP contribution is 2.35. The fourth-order valence-electron chi connectivity index (χ4n) is 5.23. The molecule has 1 N–H and O–H groups in total. The summed E-state index contributed by atoms with van der Waals surface area (Å²) in [5.74, 6) is 0. The Morgan fingerprint density at radius 3 is 2.57 bits per heavy atom. The summed E-state index contributed by atoms with van der Waals surface area (Å²) in [5, 5.41) is 6.76. The number of aromatic nitrogens is 4. The Balaban J connectivity index is 1.33. The van der Waals surface area contributed by atoms with Crippen LogP contribution in [0.5, 0.6) is 0 Å². The summed E-state index contributed by atoms with van der Waals surface area (Å²) in [5.41, 5.74) is 9.70. The number of rotatable bonds is 2. The highest BCUT2D eigenvalue weighted by Gasteiger charge is 2.24. The molecule has 7 nitrogen and oxygen atoms in total. The lowest BCUT2D eigenvalue weighted by Gasteiger charge is -2.29. The molecule has 1 amide bonds. The number of pyridine rings is 1. The van der Waals surface area contributed by atoms with Crippen molar-refractivity contribution in [1.29, 1.82) is 0 Å². The van der Waals surface area contributed by atoms with E-state index in [9.17, 15) is 4.79 Å². The minimum atomic E-state index is -0.485. The molecule has 0 saturated carbocycles. The minimum Gasteiger partial charge on any atom is -0.444 e. The monoisotopic (exact) mass is 493 g/mol. The Kier molecular flexibility index (Phi) is 5.33. The molecule has 0 unspecified atom stereocenters. The summed E-state index contributed by atoms with van der Waals surface area (Å²) in [4.78, 5) is 22.2. The number of H-pyrrole nitrogens is 1. The lowest BCUT2D eigenvalue weighted by molar-refractivity contribution is 0.0270. The average molecular weight is 494 g/mol. The van der Waals surface area contributed by atoms with Gasteiger partial charge in [-0.1, -0.05) is 12.1 Å². The van der Waals surface area contributed by atoms with Crippen LogP contribution in [-0.4, -0.2) is 49.3 Å². The van der Waals surface area contributed by atoms with Gasteiger partial charge in [0, 0.05) is 46.7 Å². The molecule has 0 spiro atoms. The molecule has 188 valence electrons. The maximum atomic E-state index is 12.4. The first-order valence-corrected chi connectivity index (χ1v) is 12.7. The van der Waals surface area contributed by atoms with Crippen molar-refractivity contribution in [1.82, 2.24) is 24.5 Å². The Bertz CT molecular complexity index is 1720. The largest absolute Gasteiger partial charge is 0.444 e. The smallest absolute Gasteiger partial charge is 0.410 e. The predicted octanol–water partition coefficient (Wildman–Crippen LogP) is 6.67. The van der Waals surface area contributed by atoms with E-state index in [1.165, 1.54) is 33.0 Å². The van der Waals surface area contributed by atoms with Gasteiger partial charge in [-0.25, -0.2) is 14.3 Å². The van der Waals surface area contributed by atoms with Crippen molar-refractivity contribution in [3.8, 4) is 11.1 Å². The molecule has 4 heterocycles. The lowest BCUT2D eigenvalue weighted by atomic mass is 9.96. The normalized spacial score (nSPS) is 14.5. The van der Waals surface area contributed by atoms with Crippen LogP contribution >= 0.6 is 0 Å². The fraction of sp³-hybridized carbons (Fsp3) is 0.300. The van der Waals surface area contributed by atoms with Gasteiger partial charge in [0.25, 0.3) is 0 Å². The van der Waals surface area contributed by atoms with Crippen LogP contribution < -0.4 is 0 Å². The molecule has 1 aliphatic rings. The predicted molar refractivity (Wildman–Crippen MR) is 148 cm³/mol. The van der Waals surface area contributed by atoms with Crippen LogP contribution in [-0.2, 0) is 4.74 Å². The second-order valence-corrected chi connectivity index (χ2v) is 10.9. The summed E-state index contributed by atoms with van der Waals surface area (Å²) >= 11 is 0. The zero-order valence-corrected chi connectivity index (χ0v) is 21.9. The molecule has 7 heteroatoms. The van der Waals surface area contributed by atoms with Crippen molar-refractivity contribution in [3.63, 3.8) is 0 Å². The molecule has 1 aliphatic heterocycles. The molecule has 3 aromatic heterocycles. The van der Waals surface area contributed by atoms with Crippen LogP contribution in [0.2, 0.25) is 0 Å². The van der Waals surface area contributed by atoms with Gasteiger partial charge >= 0.3 is 6.09 Å². The van der Waals surface area contributed by atoms with E-state index in [2.05, 4.69) is 71.4 Å². The second kappa shape index (κ2) is 8.47. The maximum Gasteiger partial charge on any atom is 0.410 e. The molecule has 0 radical (unpaired) electrons. The third kappa shape index (κ3) is 4.24. The van der Waals surface area contributed by atoms with Gasteiger partial charge in [-0.05, 0) is 99.2 Å². The van der Waals surface area contributed by atoms with Crippen molar-refractivity contribution >= 4 is 39.1 Å². The quantitative estimate of drug-likeness (QED) is 0.298. The molecule has 5 aromatic rings. The zero-order valence-electron chi connectivity index (χ0n) is 21.9. The number of nitrogens with one attached hydrogen (secondary N) is 1. The molecule has 2 aromatic carbocycles. The first-order chi connectivity index (χ1) is 17.7. The van der Waals surface area contributed by atoms with Gasteiger partial charge in [0.05, 0.1) is 0 Å². The number of carbonyl (C=O) groups excluding carboxylic acids is 1.